The predicted octanol–water partition coefficient (Wildman–Crippen LogP) is 2.89. The van der Waals surface area contributed by atoms with E-state index in [2.05, 4.69) is 0 Å². The molecule has 2 rings (SSSR count). The molecule has 0 fully saturated rings. The van der Waals surface area contributed by atoms with E-state index in [1.807, 2.05) is 0 Å². The Bertz CT molecular complexity index is 627. The fourth-order valence-electron chi connectivity index (χ4n) is 1.97. The molecule has 0 aliphatic carbocycles. The largest absolute Gasteiger partial charge is 0.497 e. The molecule has 0 bridgehead atoms. The summed E-state index contributed by atoms with van der Waals surface area (Å²) in [5, 5.41) is 0. The van der Waals surface area contributed by atoms with Crippen LogP contribution in [0.1, 0.15) is 0 Å². The van der Waals surface area contributed by atoms with Gasteiger partial charge in [0.15, 0.2) is 0 Å². The topological polar surface area (TPSA) is 54.0 Å². The van der Waals surface area contributed by atoms with Gasteiger partial charge in [0.05, 0.1) is 49.0 Å². The third-order valence-corrected chi connectivity index (χ3v) is 4.61. The Hall–Kier alpha value is -2.21. The smallest absolute Gasteiger partial charge is 0.139 e. The van der Waals surface area contributed by atoms with Crippen LogP contribution < -0.4 is 18.9 Å². The molecule has 0 unspecified atom stereocenters. The molecule has 5 nitrogen and oxygen atoms in total. The monoisotopic (exact) mass is 322 g/mol. The molecule has 0 heterocycles. The molecule has 0 aliphatic heterocycles. The molecule has 0 spiro atoms. The van der Waals surface area contributed by atoms with E-state index in [9.17, 15) is 4.21 Å². The number of ether oxygens (including phenoxy) is 4. The lowest BCUT2D eigenvalue weighted by Crippen LogP contribution is -2.00. The van der Waals surface area contributed by atoms with Crippen molar-refractivity contribution in [1.29, 1.82) is 0 Å². The Labute approximate surface area is 132 Å². The van der Waals surface area contributed by atoms with Gasteiger partial charge in [-0.05, 0) is 24.3 Å². The van der Waals surface area contributed by atoms with Crippen LogP contribution in [-0.4, -0.2) is 32.6 Å². The quantitative estimate of drug-likeness (QED) is 0.818. The van der Waals surface area contributed by atoms with Crippen molar-refractivity contribution in [2.75, 3.05) is 28.4 Å². The highest BCUT2D eigenvalue weighted by Gasteiger charge is 2.18. The standard InChI is InChI=1S/C16H18O5S/c1-18-11-5-7-15(13(9-11)20-3)22(17)16-8-6-12(19-2)10-14(16)21-4/h5-10H,1-4H3. The number of rotatable bonds is 6. The van der Waals surface area contributed by atoms with E-state index in [0.717, 1.165) is 0 Å². The first-order chi connectivity index (χ1) is 10.6. The van der Waals surface area contributed by atoms with Crippen molar-refractivity contribution < 1.29 is 23.2 Å². The van der Waals surface area contributed by atoms with E-state index in [4.69, 9.17) is 18.9 Å². The van der Waals surface area contributed by atoms with Gasteiger partial charge in [-0.1, -0.05) is 0 Å². The Morgan fingerprint density at radius 3 is 1.41 bits per heavy atom. The zero-order valence-corrected chi connectivity index (χ0v) is 13.7. The predicted molar refractivity (Wildman–Crippen MR) is 83.8 cm³/mol. The summed E-state index contributed by atoms with van der Waals surface area (Å²) in [5.74, 6) is 2.27. The Kier molecular flexibility index (Phi) is 5.27. The van der Waals surface area contributed by atoms with Crippen LogP contribution in [0.3, 0.4) is 0 Å². The molecular formula is C16H18O5S. The second kappa shape index (κ2) is 7.17. The van der Waals surface area contributed by atoms with Gasteiger partial charge in [0.2, 0.25) is 0 Å². The summed E-state index contributed by atoms with van der Waals surface area (Å²) in [6.45, 7) is 0. The number of benzene rings is 2. The number of hydrogen-bond donors (Lipinski definition) is 0. The lowest BCUT2D eigenvalue weighted by atomic mass is 10.3. The second-order valence-corrected chi connectivity index (χ2v) is 5.72. The van der Waals surface area contributed by atoms with E-state index in [0.29, 0.717) is 32.8 Å². The molecule has 0 aliphatic rings. The fourth-order valence-corrected chi connectivity index (χ4v) is 3.24. The first-order valence-corrected chi connectivity index (χ1v) is 7.65. The van der Waals surface area contributed by atoms with Crippen LogP contribution in [0.15, 0.2) is 46.2 Å². The molecule has 118 valence electrons. The first kappa shape index (κ1) is 16.2. The van der Waals surface area contributed by atoms with Crippen LogP contribution in [0.25, 0.3) is 0 Å². The lowest BCUT2D eigenvalue weighted by molar-refractivity contribution is 0.385. The SMILES string of the molecule is COc1ccc(S(=O)c2ccc(OC)cc2OC)c(OC)c1. The minimum absolute atomic E-state index is 0.496. The molecule has 0 N–H and O–H groups in total. The zero-order valence-electron chi connectivity index (χ0n) is 12.9. The Morgan fingerprint density at radius 2 is 1.09 bits per heavy atom. The summed E-state index contributed by atoms with van der Waals surface area (Å²) in [5.41, 5.74) is 0. The first-order valence-electron chi connectivity index (χ1n) is 6.50. The van der Waals surface area contributed by atoms with E-state index in [1.165, 1.54) is 14.2 Å². The molecule has 0 aromatic heterocycles. The molecule has 2 aromatic carbocycles. The van der Waals surface area contributed by atoms with Crippen molar-refractivity contribution in [2.45, 2.75) is 9.79 Å². The zero-order chi connectivity index (χ0) is 16.1. The summed E-state index contributed by atoms with van der Waals surface area (Å²) < 4.78 is 33.8. The third-order valence-electron chi connectivity index (χ3n) is 3.14. The molecule has 0 amide bonds. The Morgan fingerprint density at radius 1 is 0.682 bits per heavy atom. The summed E-state index contributed by atoms with van der Waals surface area (Å²) >= 11 is 0. The number of methoxy groups -OCH3 is 4. The number of hydrogen-bond acceptors (Lipinski definition) is 5. The van der Waals surface area contributed by atoms with Crippen LogP contribution in [-0.2, 0) is 10.8 Å². The Balaban J connectivity index is 2.48. The second-order valence-electron chi connectivity index (χ2n) is 4.30. The highest BCUT2D eigenvalue weighted by atomic mass is 32.2. The molecule has 0 radical (unpaired) electrons. The summed E-state index contributed by atoms with van der Waals surface area (Å²) in [7, 11) is 4.74. The summed E-state index contributed by atoms with van der Waals surface area (Å²) in [6, 6.07) is 10.3. The van der Waals surface area contributed by atoms with Gasteiger partial charge in [0.1, 0.15) is 23.0 Å². The minimum atomic E-state index is -1.45. The van der Waals surface area contributed by atoms with E-state index in [-0.39, 0.29) is 0 Å². The van der Waals surface area contributed by atoms with Crippen molar-refractivity contribution >= 4 is 10.8 Å². The van der Waals surface area contributed by atoms with Gasteiger partial charge in [0, 0.05) is 12.1 Å². The van der Waals surface area contributed by atoms with Crippen LogP contribution in [0, 0.1) is 0 Å². The molecule has 0 saturated carbocycles. The van der Waals surface area contributed by atoms with Crippen LogP contribution in [0.5, 0.6) is 23.0 Å². The van der Waals surface area contributed by atoms with E-state index >= 15 is 0 Å². The van der Waals surface area contributed by atoms with Crippen LogP contribution in [0.2, 0.25) is 0 Å². The molecule has 2 aromatic rings. The highest BCUT2D eigenvalue weighted by molar-refractivity contribution is 7.85. The van der Waals surface area contributed by atoms with Gasteiger partial charge in [-0.2, -0.15) is 0 Å². The molecule has 6 heteroatoms. The molecule has 0 saturated heterocycles. The maximum absolute atomic E-state index is 12.9. The highest BCUT2D eigenvalue weighted by Crippen LogP contribution is 2.35. The normalized spacial score (nSPS) is 10.4. The van der Waals surface area contributed by atoms with Crippen molar-refractivity contribution in [3.05, 3.63) is 36.4 Å². The summed E-state index contributed by atoms with van der Waals surface area (Å²) in [6.07, 6.45) is 0. The lowest BCUT2D eigenvalue weighted by Gasteiger charge is -2.13. The van der Waals surface area contributed by atoms with Crippen molar-refractivity contribution in [1.82, 2.24) is 0 Å². The maximum Gasteiger partial charge on any atom is 0.139 e. The van der Waals surface area contributed by atoms with Gasteiger partial charge >= 0.3 is 0 Å². The van der Waals surface area contributed by atoms with Gasteiger partial charge < -0.3 is 18.9 Å². The van der Waals surface area contributed by atoms with Crippen molar-refractivity contribution in [3.63, 3.8) is 0 Å². The van der Waals surface area contributed by atoms with Crippen molar-refractivity contribution in [2.24, 2.45) is 0 Å². The van der Waals surface area contributed by atoms with Crippen LogP contribution in [0.4, 0.5) is 0 Å². The van der Waals surface area contributed by atoms with Gasteiger partial charge in [-0.25, -0.2) is 4.21 Å². The maximum atomic E-state index is 12.9. The molecular weight excluding hydrogens is 304 g/mol. The molecule has 22 heavy (non-hydrogen) atoms. The average Bonchev–Trinajstić information content (AvgIpc) is 2.59. The van der Waals surface area contributed by atoms with E-state index in [1.54, 1.807) is 50.6 Å². The fraction of sp³-hybridized carbons (Fsp3) is 0.250. The molecule has 0 atom stereocenters. The van der Waals surface area contributed by atoms with Gasteiger partial charge in [-0.15, -0.1) is 0 Å². The van der Waals surface area contributed by atoms with Gasteiger partial charge in [-0.3, -0.25) is 0 Å². The van der Waals surface area contributed by atoms with Crippen molar-refractivity contribution in [3.8, 4) is 23.0 Å². The van der Waals surface area contributed by atoms with Gasteiger partial charge in [0.25, 0.3) is 0 Å². The third kappa shape index (κ3) is 3.17. The van der Waals surface area contributed by atoms with E-state index < -0.39 is 10.8 Å². The minimum Gasteiger partial charge on any atom is -0.497 e. The van der Waals surface area contributed by atoms with Crippen LogP contribution >= 0.6 is 0 Å². The average molecular weight is 322 g/mol. The summed E-state index contributed by atoms with van der Waals surface area (Å²) in [4.78, 5) is 1.10.